The fraction of sp³-hybridized carbons (Fsp3) is 0.500. The second-order valence-corrected chi connectivity index (χ2v) is 4.15. The van der Waals surface area contributed by atoms with Crippen molar-refractivity contribution in [1.82, 2.24) is 4.90 Å². The van der Waals surface area contributed by atoms with Crippen LogP contribution >= 0.6 is 0 Å². The van der Waals surface area contributed by atoms with Crippen molar-refractivity contribution in [3.8, 4) is 6.07 Å². The first kappa shape index (κ1) is 10.7. The van der Waals surface area contributed by atoms with Gasteiger partial charge in [0.2, 0.25) is 0 Å². The van der Waals surface area contributed by atoms with Crippen LogP contribution in [-0.2, 0) is 0 Å². The van der Waals surface area contributed by atoms with Crippen molar-refractivity contribution < 1.29 is 9.21 Å². The van der Waals surface area contributed by atoms with Gasteiger partial charge < -0.3 is 9.32 Å². The molecule has 0 bridgehead atoms. The Morgan fingerprint density at radius 2 is 2.50 bits per heavy atom. The second-order valence-electron chi connectivity index (χ2n) is 4.15. The van der Waals surface area contributed by atoms with Gasteiger partial charge in [0.05, 0.1) is 18.3 Å². The zero-order chi connectivity index (χ0) is 11.5. The highest BCUT2D eigenvalue weighted by molar-refractivity contribution is 5.92. The van der Waals surface area contributed by atoms with Gasteiger partial charge in [0.1, 0.15) is 0 Å². The van der Waals surface area contributed by atoms with Crippen molar-refractivity contribution >= 4 is 5.91 Å². The first-order valence-corrected chi connectivity index (χ1v) is 5.45. The van der Waals surface area contributed by atoms with Crippen LogP contribution in [0.4, 0.5) is 0 Å². The van der Waals surface area contributed by atoms with Crippen LogP contribution in [0.25, 0.3) is 0 Å². The van der Waals surface area contributed by atoms with Crippen molar-refractivity contribution in [2.75, 3.05) is 13.1 Å². The minimum atomic E-state index is -0.0950. The second kappa shape index (κ2) is 4.40. The molecule has 1 atom stereocenters. The quantitative estimate of drug-likeness (QED) is 0.724. The molecule has 0 radical (unpaired) electrons. The number of piperidine rings is 1. The number of hydrogen-bond donors (Lipinski definition) is 0. The zero-order valence-electron chi connectivity index (χ0n) is 9.27. The van der Waals surface area contributed by atoms with Crippen molar-refractivity contribution in [2.24, 2.45) is 5.92 Å². The summed E-state index contributed by atoms with van der Waals surface area (Å²) in [6, 6.07) is 4.00. The van der Waals surface area contributed by atoms with Gasteiger partial charge in [-0.3, -0.25) is 4.79 Å². The normalized spacial score (nSPS) is 20.5. The first-order valence-electron chi connectivity index (χ1n) is 5.45. The van der Waals surface area contributed by atoms with Crippen LogP contribution < -0.4 is 0 Å². The molecule has 0 saturated carbocycles. The Morgan fingerprint density at radius 1 is 1.69 bits per heavy atom. The highest BCUT2D eigenvalue weighted by atomic mass is 16.3. The number of carbonyl (C=O) groups excluding carboxylic acids is 1. The van der Waals surface area contributed by atoms with Crippen LogP contribution in [0.1, 0.15) is 29.0 Å². The standard InChI is InChI=1S/C12H14N2O2/c1-9-4-6-16-11(9)12(15)14-5-2-3-10(7-13)8-14/h4,6,10H,2-3,5,8H2,1H3. The number of nitrogens with zero attached hydrogens (tertiary/aromatic N) is 2. The van der Waals surface area contributed by atoms with Crippen LogP contribution in [0.2, 0.25) is 0 Å². The molecule has 1 aliphatic heterocycles. The predicted octanol–water partition coefficient (Wildman–Crippen LogP) is 1.96. The summed E-state index contributed by atoms with van der Waals surface area (Å²) in [6.45, 7) is 3.09. The summed E-state index contributed by atoms with van der Waals surface area (Å²) in [7, 11) is 0. The Balaban J connectivity index is 2.11. The van der Waals surface area contributed by atoms with E-state index in [-0.39, 0.29) is 11.8 Å². The fourth-order valence-electron chi connectivity index (χ4n) is 2.00. The lowest BCUT2D eigenvalue weighted by atomic mass is 9.99. The summed E-state index contributed by atoms with van der Waals surface area (Å²) >= 11 is 0. The third kappa shape index (κ3) is 1.94. The number of rotatable bonds is 1. The zero-order valence-corrected chi connectivity index (χ0v) is 9.27. The first-order chi connectivity index (χ1) is 7.72. The van der Waals surface area contributed by atoms with Crippen LogP contribution in [0.3, 0.4) is 0 Å². The molecule has 1 aromatic rings. The molecule has 1 fully saturated rings. The molecule has 1 aliphatic rings. The summed E-state index contributed by atoms with van der Waals surface area (Å²) in [5, 5.41) is 8.86. The van der Waals surface area contributed by atoms with E-state index in [0.29, 0.717) is 12.3 Å². The van der Waals surface area contributed by atoms with E-state index in [4.69, 9.17) is 9.68 Å². The molecule has 1 unspecified atom stereocenters. The van der Waals surface area contributed by atoms with Gasteiger partial charge >= 0.3 is 0 Å². The molecule has 1 saturated heterocycles. The Kier molecular flexibility index (Phi) is 2.95. The molecule has 16 heavy (non-hydrogen) atoms. The Hall–Kier alpha value is -1.76. The van der Waals surface area contributed by atoms with Gasteiger partial charge in [-0.2, -0.15) is 5.26 Å². The minimum absolute atomic E-state index is 0.0343. The SMILES string of the molecule is Cc1ccoc1C(=O)N1CCCC(C#N)C1. The Morgan fingerprint density at radius 3 is 3.12 bits per heavy atom. The van der Waals surface area contributed by atoms with E-state index in [2.05, 4.69) is 6.07 Å². The number of furan rings is 1. The molecular weight excluding hydrogens is 204 g/mol. The van der Waals surface area contributed by atoms with E-state index in [1.807, 2.05) is 6.92 Å². The summed E-state index contributed by atoms with van der Waals surface area (Å²) in [4.78, 5) is 13.8. The number of hydrogen-bond acceptors (Lipinski definition) is 3. The molecule has 0 aromatic carbocycles. The molecule has 0 spiro atoms. The fourth-order valence-corrected chi connectivity index (χ4v) is 2.00. The summed E-state index contributed by atoms with van der Waals surface area (Å²) in [6.07, 6.45) is 3.30. The van der Waals surface area contributed by atoms with E-state index in [0.717, 1.165) is 24.9 Å². The summed E-state index contributed by atoms with van der Waals surface area (Å²) < 4.78 is 5.17. The maximum absolute atomic E-state index is 12.1. The number of aryl methyl sites for hydroxylation is 1. The molecule has 84 valence electrons. The van der Waals surface area contributed by atoms with Gasteiger partial charge in [-0.25, -0.2) is 0 Å². The lowest BCUT2D eigenvalue weighted by molar-refractivity contribution is 0.0665. The maximum Gasteiger partial charge on any atom is 0.289 e. The Labute approximate surface area is 94.5 Å². The monoisotopic (exact) mass is 218 g/mol. The third-order valence-electron chi connectivity index (χ3n) is 2.95. The molecule has 1 amide bonds. The predicted molar refractivity (Wildman–Crippen MR) is 57.7 cm³/mol. The van der Waals surface area contributed by atoms with Crippen LogP contribution in [-0.4, -0.2) is 23.9 Å². The van der Waals surface area contributed by atoms with Crippen LogP contribution in [0, 0.1) is 24.2 Å². The van der Waals surface area contributed by atoms with Crippen molar-refractivity contribution in [3.63, 3.8) is 0 Å². The smallest absolute Gasteiger partial charge is 0.289 e. The van der Waals surface area contributed by atoms with Crippen molar-refractivity contribution in [3.05, 3.63) is 23.7 Å². The summed E-state index contributed by atoms with van der Waals surface area (Å²) in [5.41, 5.74) is 0.851. The topological polar surface area (TPSA) is 57.2 Å². The molecule has 2 heterocycles. The van der Waals surface area contributed by atoms with Crippen molar-refractivity contribution in [1.29, 1.82) is 5.26 Å². The van der Waals surface area contributed by atoms with E-state index in [1.54, 1.807) is 11.0 Å². The van der Waals surface area contributed by atoms with Crippen LogP contribution in [0.15, 0.2) is 16.7 Å². The number of amides is 1. The van der Waals surface area contributed by atoms with Gasteiger partial charge in [-0.05, 0) is 25.8 Å². The lowest BCUT2D eigenvalue weighted by Crippen LogP contribution is -2.39. The van der Waals surface area contributed by atoms with E-state index in [1.165, 1.54) is 6.26 Å². The highest BCUT2D eigenvalue weighted by Crippen LogP contribution is 2.19. The average molecular weight is 218 g/mol. The highest BCUT2D eigenvalue weighted by Gasteiger charge is 2.26. The van der Waals surface area contributed by atoms with Gasteiger partial charge in [-0.1, -0.05) is 0 Å². The van der Waals surface area contributed by atoms with Gasteiger partial charge in [-0.15, -0.1) is 0 Å². The number of likely N-dealkylation sites (tertiary alicyclic amines) is 1. The maximum atomic E-state index is 12.1. The molecule has 0 aliphatic carbocycles. The van der Waals surface area contributed by atoms with E-state index >= 15 is 0 Å². The van der Waals surface area contributed by atoms with Gasteiger partial charge in [0.25, 0.3) is 5.91 Å². The van der Waals surface area contributed by atoms with E-state index in [9.17, 15) is 4.79 Å². The lowest BCUT2D eigenvalue weighted by Gasteiger charge is -2.28. The van der Waals surface area contributed by atoms with Gasteiger partial charge in [0.15, 0.2) is 5.76 Å². The molecule has 0 N–H and O–H groups in total. The summed E-state index contributed by atoms with van der Waals surface area (Å²) in [5.74, 6) is 0.272. The van der Waals surface area contributed by atoms with E-state index < -0.39 is 0 Å². The van der Waals surface area contributed by atoms with Crippen LogP contribution in [0.5, 0.6) is 0 Å². The van der Waals surface area contributed by atoms with Crippen molar-refractivity contribution in [2.45, 2.75) is 19.8 Å². The molecule has 2 rings (SSSR count). The third-order valence-corrected chi connectivity index (χ3v) is 2.95. The molecule has 4 heteroatoms. The number of nitriles is 1. The average Bonchev–Trinajstić information content (AvgIpc) is 2.74. The molecular formula is C12H14N2O2. The van der Waals surface area contributed by atoms with Gasteiger partial charge in [0, 0.05) is 18.7 Å². The largest absolute Gasteiger partial charge is 0.459 e. The molecule has 4 nitrogen and oxygen atoms in total. The molecule has 1 aromatic heterocycles. The minimum Gasteiger partial charge on any atom is -0.459 e. The number of carbonyl (C=O) groups is 1. The Bertz CT molecular complexity index is 430.